The van der Waals surface area contributed by atoms with Crippen LogP contribution in [0.2, 0.25) is 0 Å². The van der Waals surface area contributed by atoms with Gasteiger partial charge in [0.25, 0.3) is 0 Å². The van der Waals surface area contributed by atoms with Gasteiger partial charge in [0.15, 0.2) is 0 Å². The van der Waals surface area contributed by atoms with Crippen molar-refractivity contribution in [3.8, 4) is 5.75 Å². The zero-order chi connectivity index (χ0) is 20.4. The minimum Gasteiger partial charge on any atom is -0.497 e. The highest BCUT2D eigenvalue weighted by Gasteiger charge is 2.40. The van der Waals surface area contributed by atoms with Crippen LogP contribution in [0.25, 0.3) is 0 Å². The quantitative estimate of drug-likeness (QED) is 0.766. The molecule has 0 spiro atoms. The molecule has 2 amide bonds. The predicted octanol–water partition coefficient (Wildman–Crippen LogP) is 2.89. The van der Waals surface area contributed by atoms with E-state index < -0.39 is 0 Å². The van der Waals surface area contributed by atoms with E-state index in [1.165, 1.54) is 18.4 Å². The van der Waals surface area contributed by atoms with Crippen LogP contribution in [-0.4, -0.2) is 55.0 Å². The zero-order valence-corrected chi connectivity index (χ0v) is 17.7. The van der Waals surface area contributed by atoms with Gasteiger partial charge in [0.1, 0.15) is 5.75 Å². The van der Waals surface area contributed by atoms with E-state index in [0.717, 1.165) is 50.2 Å². The van der Waals surface area contributed by atoms with E-state index in [4.69, 9.17) is 4.74 Å². The van der Waals surface area contributed by atoms with Gasteiger partial charge in [-0.1, -0.05) is 13.0 Å². The second-order valence-corrected chi connectivity index (χ2v) is 8.61. The van der Waals surface area contributed by atoms with Crippen LogP contribution < -0.4 is 15.0 Å². The average molecular weight is 400 g/mol. The number of ether oxygens (including phenoxy) is 1. The Hall–Kier alpha value is -2.08. The predicted molar refractivity (Wildman–Crippen MR) is 113 cm³/mol. The Morgan fingerprint density at radius 1 is 1.17 bits per heavy atom. The Balaban J connectivity index is 1.34. The van der Waals surface area contributed by atoms with Crippen LogP contribution in [0.4, 0.5) is 5.69 Å². The summed E-state index contributed by atoms with van der Waals surface area (Å²) in [7, 11) is 1.67. The molecular formula is C23H33N3O3. The van der Waals surface area contributed by atoms with Crippen LogP contribution in [0.15, 0.2) is 18.2 Å². The summed E-state index contributed by atoms with van der Waals surface area (Å²) in [4.78, 5) is 28.9. The maximum Gasteiger partial charge on any atom is 0.227 e. The molecule has 0 radical (unpaired) electrons. The normalized spacial score (nSPS) is 26.3. The summed E-state index contributed by atoms with van der Waals surface area (Å²) in [6, 6.07) is 7.53. The third-order valence-electron chi connectivity index (χ3n) is 6.86. The van der Waals surface area contributed by atoms with Crippen molar-refractivity contribution >= 4 is 17.5 Å². The fraction of sp³-hybridized carbons (Fsp3) is 0.652. The lowest BCUT2D eigenvalue weighted by Gasteiger charge is -2.39. The van der Waals surface area contributed by atoms with Crippen molar-refractivity contribution in [3.05, 3.63) is 23.8 Å². The smallest absolute Gasteiger partial charge is 0.227 e. The molecule has 1 aromatic rings. The Labute approximate surface area is 173 Å². The molecule has 0 aliphatic carbocycles. The minimum atomic E-state index is 0.167. The summed E-state index contributed by atoms with van der Waals surface area (Å²) in [6.07, 6.45) is 7.52. The second kappa shape index (κ2) is 8.74. The number of rotatable bonds is 7. The molecule has 158 valence electrons. The molecule has 1 unspecified atom stereocenters. The van der Waals surface area contributed by atoms with Crippen LogP contribution in [-0.2, 0) is 16.0 Å². The number of piperidine rings is 1. The first kappa shape index (κ1) is 20.2. The monoisotopic (exact) mass is 399 g/mol. The Morgan fingerprint density at radius 3 is 2.62 bits per heavy atom. The van der Waals surface area contributed by atoms with Crippen LogP contribution in [0.3, 0.4) is 0 Å². The third-order valence-corrected chi connectivity index (χ3v) is 6.86. The first-order valence-electron chi connectivity index (χ1n) is 11.1. The van der Waals surface area contributed by atoms with Crippen LogP contribution >= 0.6 is 0 Å². The largest absolute Gasteiger partial charge is 0.497 e. The molecule has 0 saturated carbocycles. The Kier molecular flexibility index (Phi) is 6.09. The van der Waals surface area contributed by atoms with Crippen molar-refractivity contribution in [3.63, 3.8) is 0 Å². The molecule has 2 bridgehead atoms. The first-order chi connectivity index (χ1) is 14.1. The molecule has 29 heavy (non-hydrogen) atoms. The van der Waals surface area contributed by atoms with Crippen molar-refractivity contribution in [1.82, 2.24) is 10.2 Å². The fourth-order valence-corrected chi connectivity index (χ4v) is 5.39. The Morgan fingerprint density at radius 2 is 1.93 bits per heavy atom. The van der Waals surface area contributed by atoms with Gasteiger partial charge in [0, 0.05) is 50.1 Å². The average Bonchev–Trinajstić information content (AvgIpc) is 2.97. The highest BCUT2D eigenvalue weighted by atomic mass is 16.5. The SMILES string of the molecule is CCC(=O)NC1C[C@H]2CC[C@@H](C1)N2CCCN1C(=O)CCc2ccc(OC)cc21. The highest BCUT2D eigenvalue weighted by Crippen LogP contribution is 2.36. The summed E-state index contributed by atoms with van der Waals surface area (Å²) in [5.74, 6) is 1.19. The highest BCUT2D eigenvalue weighted by molar-refractivity contribution is 5.96. The van der Waals surface area contributed by atoms with E-state index in [-0.39, 0.29) is 11.8 Å². The number of amides is 2. The van der Waals surface area contributed by atoms with Gasteiger partial charge in [0.2, 0.25) is 11.8 Å². The zero-order valence-electron chi connectivity index (χ0n) is 17.7. The number of nitrogens with zero attached hydrogens (tertiary/aromatic N) is 2. The number of methoxy groups -OCH3 is 1. The summed E-state index contributed by atoms with van der Waals surface area (Å²) >= 11 is 0. The fourth-order valence-electron chi connectivity index (χ4n) is 5.39. The molecule has 3 aliphatic heterocycles. The van der Waals surface area contributed by atoms with E-state index in [0.29, 0.717) is 31.0 Å². The first-order valence-corrected chi connectivity index (χ1v) is 11.1. The molecule has 2 saturated heterocycles. The van der Waals surface area contributed by atoms with Gasteiger partial charge in [-0.05, 0) is 50.2 Å². The molecule has 3 aliphatic rings. The Bertz CT molecular complexity index is 752. The molecule has 2 fully saturated rings. The molecule has 0 aromatic heterocycles. The number of benzene rings is 1. The topological polar surface area (TPSA) is 61.9 Å². The van der Waals surface area contributed by atoms with Crippen LogP contribution in [0, 0.1) is 0 Å². The van der Waals surface area contributed by atoms with Crippen molar-refractivity contribution in [2.75, 3.05) is 25.1 Å². The van der Waals surface area contributed by atoms with Gasteiger partial charge in [-0.2, -0.15) is 0 Å². The maximum absolute atomic E-state index is 12.6. The van der Waals surface area contributed by atoms with Crippen molar-refractivity contribution in [2.24, 2.45) is 0 Å². The van der Waals surface area contributed by atoms with Gasteiger partial charge < -0.3 is 15.0 Å². The van der Waals surface area contributed by atoms with Gasteiger partial charge >= 0.3 is 0 Å². The summed E-state index contributed by atoms with van der Waals surface area (Å²) in [5.41, 5.74) is 2.25. The standard InChI is InChI=1S/C23H33N3O3/c1-3-22(27)24-17-13-18-7-8-19(14-17)25(18)11-4-12-26-21-15-20(29-2)9-5-16(21)6-10-23(26)28/h5,9,15,17-19H,3-4,6-8,10-14H2,1-2H3,(H,24,27)/t17?,18-,19+. The van der Waals surface area contributed by atoms with Crippen molar-refractivity contribution < 1.29 is 14.3 Å². The lowest BCUT2D eigenvalue weighted by Crippen LogP contribution is -2.50. The number of hydrogen-bond acceptors (Lipinski definition) is 4. The molecule has 1 aromatic carbocycles. The lowest BCUT2D eigenvalue weighted by atomic mass is 9.96. The van der Waals surface area contributed by atoms with Gasteiger partial charge in [-0.25, -0.2) is 0 Å². The number of fused-ring (bicyclic) bond motifs is 3. The molecule has 3 heterocycles. The van der Waals surface area contributed by atoms with Crippen LogP contribution in [0.1, 0.15) is 57.4 Å². The number of carbonyl (C=O) groups is 2. The summed E-state index contributed by atoms with van der Waals surface area (Å²) < 4.78 is 5.37. The number of aryl methyl sites for hydroxylation is 1. The second-order valence-electron chi connectivity index (χ2n) is 8.61. The molecule has 6 nitrogen and oxygen atoms in total. The van der Waals surface area contributed by atoms with Crippen molar-refractivity contribution in [2.45, 2.75) is 76.4 Å². The molecule has 3 atom stereocenters. The number of anilines is 1. The minimum absolute atomic E-state index is 0.167. The number of nitrogens with one attached hydrogen (secondary N) is 1. The molecular weight excluding hydrogens is 366 g/mol. The van der Waals surface area contributed by atoms with Gasteiger partial charge in [-0.3, -0.25) is 14.5 Å². The van der Waals surface area contributed by atoms with Crippen molar-refractivity contribution in [1.29, 1.82) is 0 Å². The summed E-state index contributed by atoms with van der Waals surface area (Å²) in [6.45, 7) is 3.69. The van der Waals surface area contributed by atoms with E-state index >= 15 is 0 Å². The summed E-state index contributed by atoms with van der Waals surface area (Å²) in [5, 5.41) is 3.19. The maximum atomic E-state index is 12.6. The molecule has 1 N–H and O–H groups in total. The molecule has 6 heteroatoms. The van der Waals surface area contributed by atoms with Gasteiger partial charge in [-0.15, -0.1) is 0 Å². The van der Waals surface area contributed by atoms with E-state index in [2.05, 4.69) is 16.3 Å². The van der Waals surface area contributed by atoms with E-state index in [1.54, 1.807) is 7.11 Å². The van der Waals surface area contributed by atoms with Gasteiger partial charge in [0.05, 0.1) is 12.8 Å². The number of hydrogen-bond donors (Lipinski definition) is 1. The van der Waals surface area contributed by atoms with Crippen LogP contribution in [0.5, 0.6) is 5.75 Å². The molecule has 4 rings (SSSR count). The lowest BCUT2D eigenvalue weighted by molar-refractivity contribution is -0.122. The van der Waals surface area contributed by atoms with E-state index in [9.17, 15) is 9.59 Å². The third kappa shape index (κ3) is 4.27. The van der Waals surface area contributed by atoms with E-state index in [1.807, 2.05) is 24.0 Å². The number of carbonyl (C=O) groups excluding carboxylic acids is 2.